The fraction of sp³-hybridized carbons (Fsp3) is 0.435. The van der Waals surface area contributed by atoms with E-state index in [-0.39, 0.29) is 17.5 Å². The van der Waals surface area contributed by atoms with Crippen LogP contribution in [0.4, 0.5) is 0 Å². The van der Waals surface area contributed by atoms with Gasteiger partial charge in [-0.05, 0) is 67.4 Å². The number of benzene rings is 2. The Balaban J connectivity index is 1.94. The summed E-state index contributed by atoms with van der Waals surface area (Å²) in [5, 5.41) is 3.89. The monoisotopic (exact) mass is 477 g/mol. The Morgan fingerprint density at radius 2 is 1.81 bits per heavy atom. The van der Waals surface area contributed by atoms with Gasteiger partial charge in [-0.15, -0.1) is 0 Å². The van der Waals surface area contributed by atoms with Crippen LogP contribution in [0.25, 0.3) is 0 Å². The van der Waals surface area contributed by atoms with Gasteiger partial charge in [0, 0.05) is 19.6 Å². The van der Waals surface area contributed by atoms with Crippen molar-refractivity contribution >= 4 is 27.4 Å². The molecule has 0 amide bonds. The number of nitrogens with one attached hydrogen (secondary N) is 2. The van der Waals surface area contributed by atoms with E-state index in [1.54, 1.807) is 38.5 Å². The molecule has 0 aromatic heterocycles. The first-order valence-corrected chi connectivity index (χ1v) is 12.6. The zero-order valence-electron chi connectivity index (χ0n) is 19.0. The molecule has 0 radical (unpaired) electrons. The van der Waals surface area contributed by atoms with E-state index < -0.39 is 10.0 Å². The van der Waals surface area contributed by atoms with Crippen molar-refractivity contribution in [2.24, 2.45) is 0 Å². The van der Waals surface area contributed by atoms with E-state index >= 15 is 0 Å². The van der Waals surface area contributed by atoms with Crippen LogP contribution in [0.3, 0.4) is 0 Å². The molecule has 1 aliphatic rings. The first-order chi connectivity index (χ1) is 15.3. The normalized spacial score (nSPS) is 15.8. The maximum Gasteiger partial charge on any atom is 0.240 e. The van der Waals surface area contributed by atoms with Crippen molar-refractivity contribution in [2.75, 3.05) is 33.9 Å². The number of ether oxygens (including phenoxy) is 2. The molecule has 0 bridgehead atoms. The fourth-order valence-electron chi connectivity index (χ4n) is 3.81. The van der Waals surface area contributed by atoms with Crippen LogP contribution < -0.4 is 19.5 Å². The smallest absolute Gasteiger partial charge is 0.240 e. The highest BCUT2D eigenvalue weighted by molar-refractivity contribution is 7.89. The number of sulfonamides is 1. The molecular weight excluding hydrogens is 446 g/mol. The number of thiocarbonyl (C=S) groups is 1. The molecule has 2 N–H and O–H groups in total. The third-order valence-electron chi connectivity index (χ3n) is 5.59. The zero-order chi connectivity index (χ0) is 23.3. The van der Waals surface area contributed by atoms with Crippen LogP contribution >= 0.6 is 12.2 Å². The minimum Gasteiger partial charge on any atom is -0.493 e. The first kappa shape index (κ1) is 24.3. The van der Waals surface area contributed by atoms with Gasteiger partial charge in [0.2, 0.25) is 10.0 Å². The molecule has 2 aromatic rings. The van der Waals surface area contributed by atoms with Gasteiger partial charge in [0.05, 0.1) is 25.2 Å². The van der Waals surface area contributed by atoms with E-state index in [9.17, 15) is 8.42 Å². The summed E-state index contributed by atoms with van der Waals surface area (Å²) in [5.41, 5.74) is 3.07. The summed E-state index contributed by atoms with van der Waals surface area (Å²) in [6.45, 7) is 5.61. The molecule has 0 saturated carbocycles. The van der Waals surface area contributed by atoms with Crippen LogP contribution in [0.5, 0.6) is 11.5 Å². The molecule has 0 saturated heterocycles. The highest BCUT2D eigenvalue weighted by atomic mass is 32.2. The zero-order valence-corrected chi connectivity index (χ0v) is 20.6. The van der Waals surface area contributed by atoms with Gasteiger partial charge in [-0.25, -0.2) is 13.1 Å². The van der Waals surface area contributed by atoms with Crippen molar-refractivity contribution in [2.45, 2.75) is 37.6 Å². The first-order valence-electron chi connectivity index (χ1n) is 10.7. The third kappa shape index (κ3) is 5.33. The topological polar surface area (TPSA) is 79.9 Å². The lowest BCUT2D eigenvalue weighted by Crippen LogP contribution is -2.49. The van der Waals surface area contributed by atoms with Gasteiger partial charge in [-0.1, -0.05) is 24.6 Å². The minimum atomic E-state index is -3.67. The molecule has 0 fully saturated rings. The Morgan fingerprint density at radius 1 is 1.16 bits per heavy atom. The van der Waals surface area contributed by atoms with Gasteiger partial charge in [0.1, 0.15) is 0 Å². The average Bonchev–Trinajstić information content (AvgIpc) is 2.80. The van der Waals surface area contributed by atoms with Crippen LogP contribution in [0.15, 0.2) is 41.3 Å². The summed E-state index contributed by atoms with van der Waals surface area (Å²) < 4.78 is 39.6. The van der Waals surface area contributed by atoms with Crippen molar-refractivity contribution < 1.29 is 17.9 Å². The van der Waals surface area contributed by atoms with E-state index in [1.807, 2.05) is 19.1 Å². The second-order valence-electron chi connectivity index (χ2n) is 7.76. The van der Waals surface area contributed by atoms with Crippen molar-refractivity contribution in [3.05, 3.63) is 53.1 Å². The Labute approximate surface area is 196 Å². The number of fused-ring (bicyclic) bond motifs is 1. The van der Waals surface area contributed by atoms with Crippen LogP contribution in [-0.4, -0.2) is 52.3 Å². The lowest BCUT2D eigenvalue weighted by atomic mass is 9.92. The molecule has 7 nitrogen and oxygen atoms in total. The molecule has 2 aromatic carbocycles. The summed E-state index contributed by atoms with van der Waals surface area (Å²) in [6.07, 6.45) is 1.71. The van der Waals surface area contributed by atoms with Gasteiger partial charge in [-0.2, -0.15) is 0 Å². The van der Waals surface area contributed by atoms with Crippen molar-refractivity contribution in [3.8, 4) is 11.5 Å². The van der Waals surface area contributed by atoms with Crippen LogP contribution in [-0.2, 0) is 16.4 Å². The van der Waals surface area contributed by atoms with Crippen LogP contribution in [0, 0.1) is 6.92 Å². The van der Waals surface area contributed by atoms with Gasteiger partial charge in [0.15, 0.2) is 16.6 Å². The molecule has 1 aliphatic heterocycles. The van der Waals surface area contributed by atoms with Gasteiger partial charge >= 0.3 is 0 Å². The summed E-state index contributed by atoms with van der Waals surface area (Å²) in [6, 6.07) is 10.4. The average molecular weight is 478 g/mol. The summed E-state index contributed by atoms with van der Waals surface area (Å²) >= 11 is 5.65. The maximum absolute atomic E-state index is 12.9. The predicted octanol–water partition coefficient (Wildman–Crippen LogP) is 3.17. The van der Waals surface area contributed by atoms with E-state index in [0.29, 0.717) is 23.2 Å². The number of rotatable bonds is 8. The molecule has 174 valence electrons. The van der Waals surface area contributed by atoms with E-state index in [2.05, 4.69) is 21.9 Å². The van der Waals surface area contributed by atoms with Crippen molar-refractivity contribution in [1.82, 2.24) is 14.9 Å². The molecule has 0 spiro atoms. The number of aryl methyl sites for hydroxylation is 1. The van der Waals surface area contributed by atoms with E-state index in [0.717, 1.165) is 36.1 Å². The Kier molecular flexibility index (Phi) is 7.97. The largest absolute Gasteiger partial charge is 0.493 e. The molecule has 1 atom stereocenters. The lowest BCUT2D eigenvalue weighted by molar-refractivity contribution is 0.290. The maximum atomic E-state index is 12.9. The predicted molar refractivity (Wildman–Crippen MR) is 130 cm³/mol. The third-order valence-corrected chi connectivity index (χ3v) is 7.41. The van der Waals surface area contributed by atoms with Crippen LogP contribution in [0.1, 0.15) is 36.1 Å². The number of nitrogens with zero attached hydrogens (tertiary/aromatic N) is 1. The fourth-order valence-corrected chi connectivity index (χ4v) is 5.17. The minimum absolute atomic E-state index is 0.173. The van der Waals surface area contributed by atoms with Gasteiger partial charge < -0.3 is 19.7 Å². The summed E-state index contributed by atoms with van der Waals surface area (Å²) in [7, 11) is -0.472. The summed E-state index contributed by atoms with van der Waals surface area (Å²) in [4.78, 5) is 2.29. The molecule has 0 aliphatic carbocycles. The van der Waals surface area contributed by atoms with Gasteiger partial charge in [0.25, 0.3) is 0 Å². The van der Waals surface area contributed by atoms with Gasteiger partial charge in [-0.3, -0.25) is 0 Å². The molecule has 1 heterocycles. The molecule has 9 heteroatoms. The number of hydrogen-bond donors (Lipinski definition) is 2. The molecular formula is C23H31N3O4S2. The second kappa shape index (κ2) is 10.5. The van der Waals surface area contributed by atoms with E-state index in [4.69, 9.17) is 21.7 Å². The number of methoxy groups -OCH3 is 2. The quantitative estimate of drug-likeness (QED) is 0.565. The molecule has 1 unspecified atom stereocenters. The molecule has 3 rings (SSSR count). The SMILES string of the molecule is CCCNC(=S)N1CCc2cc(OC)c(OC)cc2C1CNS(=O)(=O)c1ccc(C)cc1. The van der Waals surface area contributed by atoms with Crippen molar-refractivity contribution in [3.63, 3.8) is 0 Å². The van der Waals surface area contributed by atoms with Crippen molar-refractivity contribution in [1.29, 1.82) is 0 Å². The standard InChI is InChI=1S/C23H31N3O4S2/c1-5-11-24-23(31)26-12-10-17-13-21(29-3)22(30-4)14-19(17)20(26)15-25-32(27,28)18-8-6-16(2)7-9-18/h6-9,13-14,20,25H,5,10-12,15H2,1-4H3,(H,24,31). The lowest BCUT2D eigenvalue weighted by Gasteiger charge is -2.39. The molecule has 32 heavy (non-hydrogen) atoms. The Bertz CT molecular complexity index is 1060. The Morgan fingerprint density at radius 3 is 2.44 bits per heavy atom. The number of hydrogen-bond acceptors (Lipinski definition) is 5. The van der Waals surface area contributed by atoms with E-state index in [1.165, 1.54) is 0 Å². The highest BCUT2D eigenvalue weighted by Crippen LogP contribution is 2.38. The highest BCUT2D eigenvalue weighted by Gasteiger charge is 2.32. The van der Waals surface area contributed by atoms with Crippen LogP contribution in [0.2, 0.25) is 0 Å². The summed E-state index contributed by atoms with van der Waals surface area (Å²) in [5.74, 6) is 1.26. The second-order valence-corrected chi connectivity index (χ2v) is 9.92. The Hall–Kier alpha value is -2.36.